The van der Waals surface area contributed by atoms with Crippen LogP contribution in [0, 0.1) is 0 Å². The number of carbonyl (C=O) groups excluding carboxylic acids is 2. The largest absolute Gasteiger partial charge is 0.451 e. The summed E-state index contributed by atoms with van der Waals surface area (Å²) in [5, 5.41) is 7.16. The molecular formula is C20H26ClN3O4. The van der Waals surface area contributed by atoms with Gasteiger partial charge in [-0.05, 0) is 31.9 Å². The third kappa shape index (κ3) is 4.32. The van der Waals surface area contributed by atoms with E-state index in [1.165, 1.54) is 0 Å². The van der Waals surface area contributed by atoms with E-state index in [0.717, 1.165) is 18.2 Å². The van der Waals surface area contributed by atoms with Gasteiger partial charge in [0.15, 0.2) is 5.76 Å². The second kappa shape index (κ2) is 8.94. The molecule has 1 unspecified atom stereocenters. The smallest absolute Gasteiger partial charge is 0.287 e. The summed E-state index contributed by atoms with van der Waals surface area (Å²) in [6, 6.07) is 8.90. The number of carbonyl (C=O) groups is 2. The number of benzene rings is 1. The molecule has 2 amide bonds. The molecule has 2 aliphatic heterocycles. The van der Waals surface area contributed by atoms with Gasteiger partial charge in [-0.1, -0.05) is 18.2 Å². The number of nitrogens with one attached hydrogen (secondary N) is 2. The quantitative estimate of drug-likeness (QED) is 0.812. The summed E-state index contributed by atoms with van der Waals surface area (Å²) in [5.41, 5.74) is 0.695. The maximum atomic E-state index is 12.8. The number of hydrogen-bond donors (Lipinski definition) is 2. The summed E-state index contributed by atoms with van der Waals surface area (Å²) < 4.78 is 11.2. The zero-order chi connectivity index (χ0) is 18.8. The van der Waals surface area contributed by atoms with E-state index in [-0.39, 0.29) is 42.4 Å². The number of fused-ring (bicyclic) bond motifs is 1. The Labute approximate surface area is 170 Å². The number of piperidine rings is 1. The van der Waals surface area contributed by atoms with Crippen molar-refractivity contribution in [2.24, 2.45) is 0 Å². The van der Waals surface area contributed by atoms with Crippen molar-refractivity contribution < 1.29 is 18.7 Å². The van der Waals surface area contributed by atoms with Crippen LogP contribution in [-0.2, 0) is 9.53 Å². The molecule has 0 saturated carbocycles. The van der Waals surface area contributed by atoms with Crippen molar-refractivity contribution in [2.75, 3.05) is 26.2 Å². The van der Waals surface area contributed by atoms with Crippen LogP contribution < -0.4 is 10.6 Å². The average Bonchev–Trinajstić information content (AvgIpc) is 3.12. The number of likely N-dealkylation sites (tertiary alicyclic amines) is 1. The van der Waals surface area contributed by atoms with E-state index < -0.39 is 0 Å². The van der Waals surface area contributed by atoms with E-state index in [2.05, 4.69) is 10.6 Å². The first-order valence-electron chi connectivity index (χ1n) is 9.55. The van der Waals surface area contributed by atoms with Crippen LogP contribution in [0.25, 0.3) is 11.0 Å². The van der Waals surface area contributed by atoms with E-state index in [1.807, 2.05) is 36.1 Å². The fourth-order valence-corrected chi connectivity index (χ4v) is 3.85. The topological polar surface area (TPSA) is 83.8 Å². The number of nitrogens with zero attached hydrogens (tertiary/aromatic N) is 1. The summed E-state index contributed by atoms with van der Waals surface area (Å²) in [7, 11) is 0. The molecule has 3 atom stereocenters. The maximum absolute atomic E-state index is 12.8. The van der Waals surface area contributed by atoms with Crippen molar-refractivity contribution in [1.82, 2.24) is 15.5 Å². The molecule has 2 aromatic rings. The number of morpholine rings is 1. The van der Waals surface area contributed by atoms with Gasteiger partial charge in [-0.15, -0.1) is 12.4 Å². The monoisotopic (exact) mass is 407 g/mol. The van der Waals surface area contributed by atoms with Crippen LogP contribution in [-0.4, -0.2) is 61.1 Å². The molecule has 7 nitrogen and oxygen atoms in total. The average molecular weight is 408 g/mol. The molecule has 3 heterocycles. The lowest BCUT2D eigenvalue weighted by Gasteiger charge is -2.38. The molecule has 4 rings (SSSR count). The van der Waals surface area contributed by atoms with E-state index in [0.29, 0.717) is 37.6 Å². The standard InChI is InChI=1S/C20H25N3O4.ClH/c1-13-18(21-8-10-26-13)20(25)23-9-4-6-15(12-23)22-19(24)17-11-14-5-2-3-7-16(14)27-17;/h2-3,5,7,11,13,15,18,21H,4,6,8-10,12H2,1H3,(H,22,24);1H/t13-,15?,18+;/m1./s1. The summed E-state index contributed by atoms with van der Waals surface area (Å²) in [6.45, 7) is 4.44. The highest BCUT2D eigenvalue weighted by Crippen LogP contribution is 2.20. The van der Waals surface area contributed by atoms with Gasteiger partial charge in [0.2, 0.25) is 5.91 Å². The first-order chi connectivity index (χ1) is 13.1. The van der Waals surface area contributed by atoms with Gasteiger partial charge in [-0.25, -0.2) is 0 Å². The molecule has 0 aliphatic carbocycles. The summed E-state index contributed by atoms with van der Waals surface area (Å²) in [4.78, 5) is 27.2. The van der Waals surface area contributed by atoms with Crippen molar-refractivity contribution in [3.05, 3.63) is 36.1 Å². The number of hydrogen-bond acceptors (Lipinski definition) is 5. The van der Waals surface area contributed by atoms with E-state index in [1.54, 1.807) is 6.07 Å². The first kappa shape index (κ1) is 20.6. The van der Waals surface area contributed by atoms with Crippen LogP contribution >= 0.6 is 12.4 Å². The SMILES string of the molecule is C[C@H]1OCCN[C@@H]1C(=O)N1CCCC(NC(=O)c2cc3ccccc3o2)C1.Cl. The van der Waals surface area contributed by atoms with Crippen molar-refractivity contribution in [3.8, 4) is 0 Å². The number of halogens is 1. The number of ether oxygens (including phenoxy) is 1. The Morgan fingerprint density at radius 3 is 2.89 bits per heavy atom. The third-order valence-electron chi connectivity index (χ3n) is 5.30. The van der Waals surface area contributed by atoms with Gasteiger partial charge in [0.1, 0.15) is 11.6 Å². The highest BCUT2D eigenvalue weighted by Gasteiger charge is 2.34. The second-order valence-electron chi connectivity index (χ2n) is 7.25. The summed E-state index contributed by atoms with van der Waals surface area (Å²) in [5.74, 6) is 0.110. The fraction of sp³-hybridized carbons (Fsp3) is 0.500. The maximum Gasteiger partial charge on any atom is 0.287 e. The van der Waals surface area contributed by atoms with Crippen LogP contribution in [0.15, 0.2) is 34.7 Å². The molecule has 0 radical (unpaired) electrons. The van der Waals surface area contributed by atoms with Gasteiger partial charge in [0.25, 0.3) is 5.91 Å². The number of furan rings is 1. The normalized spacial score (nSPS) is 25.2. The first-order valence-corrected chi connectivity index (χ1v) is 9.55. The molecular weight excluding hydrogens is 382 g/mol. The summed E-state index contributed by atoms with van der Waals surface area (Å²) >= 11 is 0. The molecule has 2 saturated heterocycles. The molecule has 2 N–H and O–H groups in total. The third-order valence-corrected chi connectivity index (χ3v) is 5.30. The molecule has 28 heavy (non-hydrogen) atoms. The van der Waals surface area contributed by atoms with Gasteiger partial charge in [-0.2, -0.15) is 0 Å². The van der Waals surface area contributed by atoms with Gasteiger partial charge >= 0.3 is 0 Å². The Morgan fingerprint density at radius 2 is 2.11 bits per heavy atom. The summed E-state index contributed by atoms with van der Waals surface area (Å²) in [6.07, 6.45) is 1.57. The Morgan fingerprint density at radius 1 is 1.29 bits per heavy atom. The molecule has 1 aromatic heterocycles. The molecule has 2 aliphatic rings. The van der Waals surface area contributed by atoms with Gasteiger partial charge in [-0.3, -0.25) is 9.59 Å². The van der Waals surface area contributed by atoms with E-state index in [4.69, 9.17) is 9.15 Å². The Hall–Kier alpha value is -2.09. The van der Waals surface area contributed by atoms with Gasteiger partial charge in [0, 0.05) is 31.1 Å². The van der Waals surface area contributed by atoms with Gasteiger partial charge in [0.05, 0.1) is 12.7 Å². The molecule has 1 aromatic carbocycles. The number of rotatable bonds is 3. The van der Waals surface area contributed by atoms with Crippen LogP contribution in [0.1, 0.15) is 30.3 Å². The second-order valence-corrected chi connectivity index (χ2v) is 7.25. The molecule has 2 fully saturated rings. The Bertz CT molecular complexity index is 807. The van der Waals surface area contributed by atoms with Crippen molar-refractivity contribution in [3.63, 3.8) is 0 Å². The minimum atomic E-state index is -0.316. The zero-order valence-electron chi connectivity index (χ0n) is 15.8. The van der Waals surface area contributed by atoms with Crippen molar-refractivity contribution in [2.45, 2.75) is 38.0 Å². The lowest BCUT2D eigenvalue weighted by Crippen LogP contribution is -2.59. The molecule has 0 spiro atoms. The van der Waals surface area contributed by atoms with Crippen LogP contribution in [0.4, 0.5) is 0 Å². The Balaban J connectivity index is 0.00000225. The Kier molecular flexibility index (Phi) is 6.59. The predicted molar refractivity (Wildman–Crippen MR) is 108 cm³/mol. The van der Waals surface area contributed by atoms with Crippen molar-refractivity contribution in [1.29, 1.82) is 0 Å². The van der Waals surface area contributed by atoms with E-state index >= 15 is 0 Å². The molecule has 152 valence electrons. The number of para-hydroxylation sites is 1. The zero-order valence-corrected chi connectivity index (χ0v) is 16.7. The molecule has 0 bridgehead atoms. The van der Waals surface area contributed by atoms with Crippen molar-refractivity contribution >= 4 is 35.2 Å². The molecule has 8 heteroatoms. The predicted octanol–water partition coefficient (Wildman–Crippen LogP) is 1.95. The van der Waals surface area contributed by atoms with Crippen LogP contribution in [0.5, 0.6) is 0 Å². The van der Waals surface area contributed by atoms with Gasteiger partial charge < -0.3 is 24.7 Å². The lowest BCUT2D eigenvalue weighted by molar-refractivity contribution is -0.140. The van der Waals surface area contributed by atoms with E-state index in [9.17, 15) is 9.59 Å². The van der Waals surface area contributed by atoms with Crippen LogP contribution in [0.3, 0.4) is 0 Å². The highest BCUT2D eigenvalue weighted by atomic mass is 35.5. The minimum absolute atomic E-state index is 0. The lowest BCUT2D eigenvalue weighted by atomic mass is 10.0. The van der Waals surface area contributed by atoms with Crippen LogP contribution in [0.2, 0.25) is 0 Å². The highest BCUT2D eigenvalue weighted by molar-refractivity contribution is 5.96. The fourth-order valence-electron chi connectivity index (χ4n) is 3.85. The number of amides is 2. The minimum Gasteiger partial charge on any atom is -0.451 e.